The van der Waals surface area contributed by atoms with Crippen LogP contribution in [0.4, 0.5) is 8.78 Å². The highest BCUT2D eigenvalue weighted by Gasteiger charge is 2.18. The summed E-state index contributed by atoms with van der Waals surface area (Å²) < 4.78 is 24.1. The van der Waals surface area contributed by atoms with Crippen LogP contribution in [0.5, 0.6) is 0 Å². The summed E-state index contributed by atoms with van der Waals surface area (Å²) in [5.74, 6) is 0. The van der Waals surface area contributed by atoms with E-state index >= 15 is 0 Å². The minimum absolute atomic E-state index is 0.273. The van der Waals surface area contributed by atoms with E-state index in [1.807, 2.05) is 20.8 Å². The van der Waals surface area contributed by atoms with E-state index in [1.165, 1.54) is 4.80 Å². The minimum atomic E-state index is -2.54. The first-order valence-corrected chi connectivity index (χ1v) is 3.62. The third-order valence-electron chi connectivity index (χ3n) is 1.33. The van der Waals surface area contributed by atoms with Crippen molar-refractivity contribution >= 4 is 0 Å². The van der Waals surface area contributed by atoms with Gasteiger partial charge < -0.3 is 0 Å². The lowest BCUT2D eigenvalue weighted by atomic mass is 10.1. The summed E-state index contributed by atoms with van der Waals surface area (Å²) in [7, 11) is 0. The van der Waals surface area contributed by atoms with Gasteiger partial charge in [0.25, 0.3) is 6.43 Å². The molecule has 1 aromatic rings. The van der Waals surface area contributed by atoms with E-state index in [1.54, 1.807) is 0 Å². The number of halogens is 2. The highest BCUT2D eigenvalue weighted by molar-refractivity contribution is 4.93. The van der Waals surface area contributed by atoms with Crippen molar-refractivity contribution in [3.63, 3.8) is 0 Å². The van der Waals surface area contributed by atoms with Crippen molar-refractivity contribution in [2.75, 3.05) is 0 Å². The molecule has 0 aliphatic carbocycles. The Kier molecular flexibility index (Phi) is 2.12. The maximum Gasteiger partial charge on any atom is 0.283 e. The van der Waals surface area contributed by atoms with Crippen LogP contribution < -0.4 is 0 Å². The molecule has 1 heterocycles. The lowest BCUT2D eigenvalue weighted by molar-refractivity contribution is 0.143. The molecule has 0 N–H and O–H groups in total. The van der Waals surface area contributed by atoms with Crippen LogP contribution in [0.1, 0.15) is 32.9 Å². The zero-order chi connectivity index (χ0) is 9.35. The molecule has 0 spiro atoms. The fourth-order valence-corrected chi connectivity index (χ4v) is 0.698. The molecule has 0 saturated heterocycles. The van der Waals surface area contributed by atoms with Crippen molar-refractivity contribution in [2.24, 2.45) is 0 Å². The van der Waals surface area contributed by atoms with E-state index in [0.29, 0.717) is 0 Å². The highest BCUT2D eigenvalue weighted by Crippen LogP contribution is 2.17. The molecular formula is C7H11F2N3. The van der Waals surface area contributed by atoms with Crippen molar-refractivity contribution in [1.82, 2.24) is 15.0 Å². The van der Waals surface area contributed by atoms with Gasteiger partial charge in [-0.05, 0) is 20.8 Å². The normalized spacial score (nSPS) is 12.5. The summed E-state index contributed by atoms with van der Waals surface area (Å²) in [6, 6.07) is 0. The van der Waals surface area contributed by atoms with Gasteiger partial charge in [-0.25, -0.2) is 8.78 Å². The average Bonchev–Trinajstić information content (AvgIpc) is 2.30. The van der Waals surface area contributed by atoms with Crippen LogP contribution in [0.15, 0.2) is 6.20 Å². The molecule has 0 saturated carbocycles. The van der Waals surface area contributed by atoms with Gasteiger partial charge in [0, 0.05) is 0 Å². The Morgan fingerprint density at radius 1 is 1.42 bits per heavy atom. The standard InChI is InChI=1S/C7H11F2N3/c1-7(2,3)12-10-4-5(11-12)6(8)9/h4,6H,1-3H3. The summed E-state index contributed by atoms with van der Waals surface area (Å²) in [4.78, 5) is 1.29. The molecular weight excluding hydrogens is 164 g/mol. The maximum absolute atomic E-state index is 12.1. The van der Waals surface area contributed by atoms with Crippen LogP contribution in [0.2, 0.25) is 0 Å². The second-order valence-electron chi connectivity index (χ2n) is 3.53. The summed E-state index contributed by atoms with van der Waals surface area (Å²) in [5.41, 5.74) is -0.613. The summed E-state index contributed by atoms with van der Waals surface area (Å²) in [5, 5.41) is 7.37. The van der Waals surface area contributed by atoms with Crippen molar-refractivity contribution in [2.45, 2.75) is 32.7 Å². The van der Waals surface area contributed by atoms with E-state index in [2.05, 4.69) is 10.2 Å². The second-order valence-corrected chi connectivity index (χ2v) is 3.53. The molecule has 1 rings (SSSR count). The van der Waals surface area contributed by atoms with Gasteiger partial charge >= 0.3 is 0 Å². The molecule has 0 aromatic carbocycles. The molecule has 1 aromatic heterocycles. The Hall–Kier alpha value is -1.00. The SMILES string of the molecule is CC(C)(C)n1ncc(C(F)F)n1. The summed E-state index contributed by atoms with van der Waals surface area (Å²) in [6.07, 6.45) is -1.45. The largest absolute Gasteiger partial charge is 0.283 e. The molecule has 0 bridgehead atoms. The summed E-state index contributed by atoms with van der Waals surface area (Å²) >= 11 is 0. The Bertz CT molecular complexity index is 262. The molecule has 0 aliphatic heterocycles. The lowest BCUT2D eigenvalue weighted by Gasteiger charge is -2.16. The van der Waals surface area contributed by atoms with Crippen LogP contribution in [-0.2, 0) is 5.54 Å². The predicted octanol–water partition coefficient (Wildman–Crippen LogP) is 1.97. The van der Waals surface area contributed by atoms with Gasteiger partial charge in [-0.15, -0.1) is 0 Å². The quantitative estimate of drug-likeness (QED) is 0.653. The van der Waals surface area contributed by atoms with Crippen LogP contribution >= 0.6 is 0 Å². The Morgan fingerprint density at radius 2 is 2.00 bits per heavy atom. The van der Waals surface area contributed by atoms with E-state index < -0.39 is 6.43 Å². The number of alkyl halides is 2. The highest BCUT2D eigenvalue weighted by atomic mass is 19.3. The maximum atomic E-state index is 12.1. The van der Waals surface area contributed by atoms with E-state index in [-0.39, 0.29) is 11.2 Å². The van der Waals surface area contributed by atoms with Crippen LogP contribution in [0, 0.1) is 0 Å². The Balaban J connectivity index is 2.92. The molecule has 3 nitrogen and oxygen atoms in total. The Morgan fingerprint density at radius 3 is 2.25 bits per heavy atom. The van der Waals surface area contributed by atoms with Gasteiger partial charge in [-0.3, -0.25) is 0 Å². The van der Waals surface area contributed by atoms with Gasteiger partial charge in [0.1, 0.15) is 5.69 Å². The van der Waals surface area contributed by atoms with E-state index in [9.17, 15) is 8.78 Å². The number of hydrogen-bond acceptors (Lipinski definition) is 2. The fraction of sp³-hybridized carbons (Fsp3) is 0.714. The Labute approximate surface area is 69.4 Å². The molecule has 12 heavy (non-hydrogen) atoms. The van der Waals surface area contributed by atoms with Crippen molar-refractivity contribution < 1.29 is 8.78 Å². The molecule has 68 valence electrons. The third-order valence-corrected chi connectivity index (χ3v) is 1.33. The predicted molar refractivity (Wildman–Crippen MR) is 40.0 cm³/mol. The first-order chi connectivity index (χ1) is 5.41. The molecule has 0 atom stereocenters. The topological polar surface area (TPSA) is 30.7 Å². The van der Waals surface area contributed by atoms with Crippen molar-refractivity contribution in [3.05, 3.63) is 11.9 Å². The molecule has 0 radical (unpaired) electrons. The van der Waals surface area contributed by atoms with Gasteiger partial charge in [0.15, 0.2) is 0 Å². The monoisotopic (exact) mass is 175 g/mol. The first-order valence-electron chi connectivity index (χ1n) is 3.62. The number of hydrogen-bond donors (Lipinski definition) is 0. The zero-order valence-corrected chi connectivity index (χ0v) is 7.25. The molecule has 5 heteroatoms. The van der Waals surface area contributed by atoms with Gasteiger partial charge in [0.05, 0.1) is 11.7 Å². The molecule has 0 amide bonds. The lowest BCUT2D eigenvalue weighted by Crippen LogP contribution is -2.24. The first kappa shape index (κ1) is 9.09. The van der Waals surface area contributed by atoms with Gasteiger partial charge in [-0.2, -0.15) is 15.0 Å². The van der Waals surface area contributed by atoms with Crippen LogP contribution in [-0.4, -0.2) is 15.0 Å². The fourth-order valence-electron chi connectivity index (χ4n) is 0.698. The van der Waals surface area contributed by atoms with Crippen molar-refractivity contribution in [1.29, 1.82) is 0 Å². The van der Waals surface area contributed by atoms with Crippen LogP contribution in [0.25, 0.3) is 0 Å². The second kappa shape index (κ2) is 2.80. The van der Waals surface area contributed by atoms with Crippen LogP contribution in [0.3, 0.4) is 0 Å². The minimum Gasteiger partial charge on any atom is -0.203 e. The molecule has 0 unspecified atom stereocenters. The van der Waals surface area contributed by atoms with Gasteiger partial charge in [-0.1, -0.05) is 0 Å². The average molecular weight is 175 g/mol. The number of aromatic nitrogens is 3. The van der Waals surface area contributed by atoms with E-state index in [4.69, 9.17) is 0 Å². The molecule has 0 fully saturated rings. The zero-order valence-electron chi connectivity index (χ0n) is 7.25. The van der Waals surface area contributed by atoms with Crippen molar-refractivity contribution in [3.8, 4) is 0 Å². The number of nitrogens with zero attached hydrogens (tertiary/aromatic N) is 3. The molecule has 0 aliphatic rings. The third kappa shape index (κ3) is 1.78. The van der Waals surface area contributed by atoms with E-state index in [0.717, 1.165) is 6.20 Å². The van der Waals surface area contributed by atoms with Gasteiger partial charge in [0.2, 0.25) is 0 Å². The smallest absolute Gasteiger partial charge is 0.203 e. The summed E-state index contributed by atoms with van der Waals surface area (Å²) in [6.45, 7) is 5.55. The number of rotatable bonds is 1.